The molecule has 0 atom stereocenters. The summed E-state index contributed by atoms with van der Waals surface area (Å²) in [4.78, 5) is 14.2. The molecule has 0 unspecified atom stereocenters. The highest BCUT2D eigenvalue weighted by Gasteiger charge is 2.21. The van der Waals surface area contributed by atoms with Crippen molar-refractivity contribution in [1.82, 2.24) is 4.98 Å². The number of nitrogens with zero attached hydrogens (tertiary/aromatic N) is 1. The van der Waals surface area contributed by atoms with E-state index >= 15 is 0 Å². The maximum Gasteiger partial charge on any atom is 0.266 e. The van der Waals surface area contributed by atoms with E-state index in [0.717, 1.165) is 6.20 Å². The molecule has 5 nitrogen and oxygen atoms in total. The molecule has 76 valence electrons. The lowest BCUT2D eigenvalue weighted by molar-refractivity contribution is 0.0986. The molecule has 0 aliphatic heterocycles. The van der Waals surface area contributed by atoms with E-state index in [1.54, 1.807) is 0 Å². The molecule has 1 rings (SSSR count). The maximum absolute atomic E-state index is 12.5. The van der Waals surface area contributed by atoms with Gasteiger partial charge in [-0.3, -0.25) is 4.79 Å². The molecule has 0 spiro atoms. The minimum Gasteiger partial charge on any atom is -0.395 e. The van der Waals surface area contributed by atoms with Crippen molar-refractivity contribution in [3.63, 3.8) is 0 Å². The second kappa shape index (κ2) is 3.44. The minimum atomic E-state index is -2.91. The van der Waals surface area contributed by atoms with E-state index in [9.17, 15) is 13.6 Å². The molecule has 0 saturated carbocycles. The molecule has 1 aromatic heterocycles. The summed E-state index contributed by atoms with van der Waals surface area (Å²) in [5, 5.41) is 0. The lowest BCUT2D eigenvalue weighted by atomic mass is 10.1. The van der Waals surface area contributed by atoms with Gasteiger partial charge in [-0.1, -0.05) is 0 Å². The smallest absolute Gasteiger partial charge is 0.266 e. The number of nitrogen functional groups attached to an aromatic ring is 2. The number of alkyl halides is 2. The van der Waals surface area contributed by atoms with Crippen LogP contribution < -0.4 is 17.2 Å². The Morgan fingerprint density at radius 3 is 2.43 bits per heavy atom. The molecule has 0 fully saturated rings. The molecule has 0 saturated heterocycles. The number of pyridine rings is 1. The zero-order valence-electron chi connectivity index (χ0n) is 7.00. The molecule has 0 bridgehead atoms. The SMILES string of the molecule is NC(=O)c1cnc(N)c(N)c1C(F)F. The third-order valence-corrected chi connectivity index (χ3v) is 1.67. The van der Waals surface area contributed by atoms with Gasteiger partial charge >= 0.3 is 0 Å². The first-order valence-electron chi connectivity index (χ1n) is 3.57. The Hall–Kier alpha value is -1.92. The van der Waals surface area contributed by atoms with Gasteiger partial charge in [0.25, 0.3) is 12.3 Å². The highest BCUT2D eigenvalue weighted by atomic mass is 19.3. The number of halogens is 2. The van der Waals surface area contributed by atoms with Gasteiger partial charge in [-0.05, 0) is 0 Å². The number of rotatable bonds is 2. The zero-order chi connectivity index (χ0) is 10.9. The van der Waals surface area contributed by atoms with Crippen molar-refractivity contribution in [1.29, 1.82) is 0 Å². The lowest BCUT2D eigenvalue weighted by Crippen LogP contribution is -2.17. The third-order valence-electron chi connectivity index (χ3n) is 1.67. The van der Waals surface area contributed by atoms with Crippen LogP contribution in [0.3, 0.4) is 0 Å². The molecule has 1 amide bonds. The van der Waals surface area contributed by atoms with E-state index in [2.05, 4.69) is 4.98 Å². The largest absolute Gasteiger partial charge is 0.395 e. The van der Waals surface area contributed by atoms with Crippen molar-refractivity contribution in [2.45, 2.75) is 6.43 Å². The summed E-state index contributed by atoms with van der Waals surface area (Å²) >= 11 is 0. The van der Waals surface area contributed by atoms with E-state index in [1.807, 2.05) is 0 Å². The first-order chi connectivity index (χ1) is 6.45. The molecular weight excluding hydrogens is 194 g/mol. The summed E-state index contributed by atoms with van der Waals surface area (Å²) in [5.41, 5.74) is 13.8. The Bertz CT molecular complexity index is 380. The number of hydrogen-bond acceptors (Lipinski definition) is 4. The Kier molecular flexibility index (Phi) is 2.50. The van der Waals surface area contributed by atoms with E-state index in [0.29, 0.717) is 0 Å². The van der Waals surface area contributed by atoms with Crippen molar-refractivity contribution in [3.05, 3.63) is 17.3 Å². The van der Waals surface area contributed by atoms with Crippen molar-refractivity contribution in [2.75, 3.05) is 11.5 Å². The topological polar surface area (TPSA) is 108 Å². The fraction of sp³-hybridized carbons (Fsp3) is 0.143. The van der Waals surface area contributed by atoms with Crippen LogP contribution in [-0.2, 0) is 0 Å². The van der Waals surface area contributed by atoms with Gasteiger partial charge in [-0.15, -0.1) is 0 Å². The molecule has 14 heavy (non-hydrogen) atoms. The van der Waals surface area contributed by atoms with Gasteiger partial charge in [0.15, 0.2) is 0 Å². The number of aromatic nitrogens is 1. The van der Waals surface area contributed by atoms with Crippen molar-refractivity contribution >= 4 is 17.4 Å². The number of carbonyl (C=O) groups excluding carboxylic acids is 1. The van der Waals surface area contributed by atoms with E-state index in [-0.39, 0.29) is 5.82 Å². The predicted octanol–water partition coefficient (Wildman–Crippen LogP) is 0.282. The molecule has 0 aliphatic rings. The summed E-state index contributed by atoms with van der Waals surface area (Å²) < 4.78 is 24.9. The number of primary amides is 1. The van der Waals surface area contributed by atoms with Crippen LogP contribution in [0.1, 0.15) is 22.3 Å². The molecule has 0 radical (unpaired) electrons. The van der Waals surface area contributed by atoms with Crippen LogP contribution in [0.25, 0.3) is 0 Å². The van der Waals surface area contributed by atoms with Crippen LogP contribution in [0.2, 0.25) is 0 Å². The monoisotopic (exact) mass is 202 g/mol. The van der Waals surface area contributed by atoms with E-state index < -0.39 is 29.1 Å². The van der Waals surface area contributed by atoms with Gasteiger partial charge < -0.3 is 17.2 Å². The van der Waals surface area contributed by atoms with Gasteiger partial charge in [-0.2, -0.15) is 0 Å². The second-order valence-electron chi connectivity index (χ2n) is 2.55. The third kappa shape index (κ3) is 1.56. The first kappa shape index (κ1) is 10.2. The molecule has 1 heterocycles. The predicted molar refractivity (Wildman–Crippen MR) is 46.5 cm³/mol. The highest BCUT2D eigenvalue weighted by Crippen LogP contribution is 2.30. The summed E-state index contributed by atoms with van der Waals surface area (Å²) in [6.45, 7) is 0. The fourth-order valence-corrected chi connectivity index (χ4v) is 0.988. The lowest BCUT2D eigenvalue weighted by Gasteiger charge is -2.09. The first-order valence-corrected chi connectivity index (χ1v) is 3.57. The standard InChI is InChI=1S/C7H8F2N4O/c8-5(9)3-2(7(12)14)1-13-6(11)4(3)10/h1,5H,10H2,(H2,11,13)(H2,12,14). The maximum atomic E-state index is 12.5. The molecule has 0 aliphatic carbocycles. The Balaban J connectivity index is 3.45. The number of carbonyl (C=O) groups is 1. The highest BCUT2D eigenvalue weighted by molar-refractivity contribution is 5.96. The van der Waals surface area contributed by atoms with Crippen molar-refractivity contribution < 1.29 is 13.6 Å². The molecular formula is C7H8F2N4O. The molecule has 6 N–H and O–H groups in total. The van der Waals surface area contributed by atoms with Crippen LogP contribution in [0.4, 0.5) is 20.3 Å². The number of anilines is 2. The van der Waals surface area contributed by atoms with Crippen LogP contribution >= 0.6 is 0 Å². The van der Waals surface area contributed by atoms with Gasteiger partial charge in [0.2, 0.25) is 0 Å². The Labute approximate surface area is 77.9 Å². The van der Waals surface area contributed by atoms with Crippen LogP contribution in [0, 0.1) is 0 Å². The summed E-state index contributed by atoms with van der Waals surface area (Å²) in [6.07, 6.45) is -2.03. The van der Waals surface area contributed by atoms with E-state index in [1.165, 1.54) is 0 Å². The van der Waals surface area contributed by atoms with Gasteiger partial charge in [0, 0.05) is 6.20 Å². The summed E-state index contributed by atoms with van der Waals surface area (Å²) in [5.74, 6) is -1.26. The molecule has 7 heteroatoms. The quantitative estimate of drug-likeness (QED) is 0.640. The van der Waals surface area contributed by atoms with E-state index in [4.69, 9.17) is 17.2 Å². The average Bonchev–Trinajstić information content (AvgIpc) is 2.08. The van der Waals surface area contributed by atoms with Crippen LogP contribution in [-0.4, -0.2) is 10.9 Å². The van der Waals surface area contributed by atoms with Crippen molar-refractivity contribution in [3.8, 4) is 0 Å². The summed E-state index contributed by atoms with van der Waals surface area (Å²) in [7, 11) is 0. The number of nitrogens with two attached hydrogens (primary N) is 3. The normalized spacial score (nSPS) is 10.5. The fourth-order valence-electron chi connectivity index (χ4n) is 0.988. The Morgan fingerprint density at radius 2 is 2.00 bits per heavy atom. The van der Waals surface area contributed by atoms with Gasteiger partial charge in [0.1, 0.15) is 5.82 Å². The zero-order valence-corrected chi connectivity index (χ0v) is 7.00. The summed E-state index contributed by atoms with van der Waals surface area (Å²) in [6, 6.07) is 0. The van der Waals surface area contributed by atoms with Gasteiger partial charge in [0.05, 0.1) is 16.8 Å². The van der Waals surface area contributed by atoms with Crippen LogP contribution in [0.15, 0.2) is 6.20 Å². The molecule has 1 aromatic rings. The second-order valence-corrected chi connectivity index (χ2v) is 2.55. The molecule has 0 aromatic carbocycles. The minimum absolute atomic E-state index is 0.245. The Morgan fingerprint density at radius 1 is 1.43 bits per heavy atom. The van der Waals surface area contributed by atoms with Crippen molar-refractivity contribution in [2.24, 2.45) is 5.73 Å². The number of hydrogen-bond donors (Lipinski definition) is 3. The van der Waals surface area contributed by atoms with Crippen LogP contribution in [0.5, 0.6) is 0 Å². The average molecular weight is 202 g/mol. The number of amides is 1. The van der Waals surface area contributed by atoms with Gasteiger partial charge in [-0.25, -0.2) is 13.8 Å².